The summed E-state index contributed by atoms with van der Waals surface area (Å²) < 4.78 is 33.7. The van der Waals surface area contributed by atoms with E-state index < -0.39 is 10.0 Å². The molecule has 0 aliphatic carbocycles. The minimum Gasteiger partial charge on any atom is -0.491 e. The van der Waals surface area contributed by atoms with Gasteiger partial charge in [0, 0.05) is 12.7 Å². The van der Waals surface area contributed by atoms with E-state index in [1.807, 2.05) is 0 Å². The summed E-state index contributed by atoms with van der Waals surface area (Å²) in [7, 11) is -3.68. The summed E-state index contributed by atoms with van der Waals surface area (Å²) in [6.07, 6.45) is 7.69. The van der Waals surface area contributed by atoms with Crippen molar-refractivity contribution in [2.24, 2.45) is 5.92 Å². The fraction of sp³-hybridized carbons (Fsp3) is 0.542. The Hall–Kier alpha value is -1.96. The third kappa shape index (κ3) is 7.59. The molecule has 0 atom stereocenters. The summed E-state index contributed by atoms with van der Waals surface area (Å²) in [6.45, 7) is 6.03. The van der Waals surface area contributed by atoms with Crippen LogP contribution in [0.1, 0.15) is 44.6 Å². The van der Waals surface area contributed by atoms with Crippen molar-refractivity contribution in [1.29, 1.82) is 0 Å². The molecule has 1 aromatic carbocycles. The second-order valence-electron chi connectivity index (χ2n) is 8.23. The van der Waals surface area contributed by atoms with Crippen molar-refractivity contribution in [2.45, 2.75) is 50.5 Å². The first-order chi connectivity index (χ1) is 15.1. The van der Waals surface area contributed by atoms with E-state index in [1.54, 1.807) is 12.1 Å². The molecule has 0 radical (unpaired) electrons. The Kier molecular flexibility index (Phi) is 9.31. The number of ether oxygens (including phenoxy) is 1. The van der Waals surface area contributed by atoms with Crippen LogP contribution in [-0.2, 0) is 16.4 Å². The minimum absolute atomic E-state index is 0.0205. The third-order valence-electron chi connectivity index (χ3n) is 5.76. The summed E-state index contributed by atoms with van der Waals surface area (Å²) in [5.74, 6) is 1.07. The Morgan fingerprint density at radius 3 is 2.61 bits per heavy atom. The molecule has 7 heteroatoms. The molecule has 3 rings (SSSR count). The highest BCUT2D eigenvalue weighted by Crippen LogP contribution is 2.22. The molecule has 1 saturated heterocycles. The average molecular weight is 446 g/mol. The van der Waals surface area contributed by atoms with Crippen LogP contribution in [0.5, 0.6) is 5.75 Å². The van der Waals surface area contributed by atoms with E-state index in [2.05, 4.69) is 51.9 Å². The van der Waals surface area contributed by atoms with Crippen molar-refractivity contribution in [2.75, 3.05) is 32.8 Å². The SMILES string of the molecule is CCCCOc1cccnc1S(=O)(=O)NCCCN1CCC(Cc2ccccc2)CC1. The molecule has 1 aliphatic rings. The van der Waals surface area contributed by atoms with Crippen molar-refractivity contribution < 1.29 is 13.2 Å². The molecule has 1 aromatic heterocycles. The molecule has 31 heavy (non-hydrogen) atoms. The fourth-order valence-corrected chi connectivity index (χ4v) is 5.09. The highest BCUT2D eigenvalue weighted by molar-refractivity contribution is 7.89. The summed E-state index contributed by atoms with van der Waals surface area (Å²) in [5, 5.41) is -0.0205. The normalized spacial score (nSPS) is 15.8. The number of unbranched alkanes of at least 4 members (excludes halogenated alkanes) is 1. The first-order valence-corrected chi connectivity index (χ1v) is 12.9. The predicted octanol–water partition coefficient (Wildman–Crippen LogP) is 3.88. The second kappa shape index (κ2) is 12.2. The summed E-state index contributed by atoms with van der Waals surface area (Å²) in [4.78, 5) is 6.49. The molecule has 0 bridgehead atoms. The molecule has 1 fully saturated rings. The number of piperidine rings is 1. The van der Waals surface area contributed by atoms with E-state index >= 15 is 0 Å². The maximum absolute atomic E-state index is 12.7. The maximum Gasteiger partial charge on any atom is 0.261 e. The predicted molar refractivity (Wildman–Crippen MR) is 124 cm³/mol. The molecule has 2 heterocycles. The van der Waals surface area contributed by atoms with E-state index in [0.717, 1.165) is 51.2 Å². The molecule has 0 unspecified atom stereocenters. The van der Waals surface area contributed by atoms with Gasteiger partial charge in [-0.05, 0) is 75.4 Å². The molecule has 6 nitrogen and oxygen atoms in total. The van der Waals surface area contributed by atoms with Crippen LogP contribution >= 0.6 is 0 Å². The number of hydrogen-bond acceptors (Lipinski definition) is 5. The van der Waals surface area contributed by atoms with Gasteiger partial charge in [-0.15, -0.1) is 0 Å². The summed E-state index contributed by atoms with van der Waals surface area (Å²) >= 11 is 0. The number of benzene rings is 1. The Bertz CT molecular complexity index is 882. The van der Waals surface area contributed by atoms with Crippen LogP contribution in [0.2, 0.25) is 0 Å². The molecule has 0 spiro atoms. The molecular weight excluding hydrogens is 410 g/mol. The van der Waals surface area contributed by atoms with Gasteiger partial charge in [-0.1, -0.05) is 43.7 Å². The van der Waals surface area contributed by atoms with Crippen LogP contribution < -0.4 is 9.46 Å². The molecule has 0 amide bonds. The fourth-order valence-electron chi connectivity index (χ4n) is 3.95. The first-order valence-electron chi connectivity index (χ1n) is 11.4. The van der Waals surface area contributed by atoms with E-state index in [-0.39, 0.29) is 5.03 Å². The number of sulfonamides is 1. The molecular formula is C24H35N3O3S. The lowest BCUT2D eigenvalue weighted by Gasteiger charge is -2.32. The van der Waals surface area contributed by atoms with E-state index in [4.69, 9.17) is 4.74 Å². The summed E-state index contributed by atoms with van der Waals surface area (Å²) in [5.41, 5.74) is 1.42. The van der Waals surface area contributed by atoms with Gasteiger partial charge in [0.1, 0.15) is 0 Å². The number of rotatable bonds is 12. The molecule has 1 N–H and O–H groups in total. The van der Waals surface area contributed by atoms with Crippen molar-refractivity contribution in [3.05, 3.63) is 54.2 Å². The smallest absolute Gasteiger partial charge is 0.261 e. The molecule has 1 aliphatic heterocycles. The Morgan fingerprint density at radius 1 is 1.10 bits per heavy atom. The molecule has 0 saturated carbocycles. The Morgan fingerprint density at radius 2 is 1.87 bits per heavy atom. The zero-order valence-corrected chi connectivity index (χ0v) is 19.3. The van der Waals surface area contributed by atoms with Gasteiger partial charge in [0.2, 0.25) is 5.03 Å². The van der Waals surface area contributed by atoms with Crippen molar-refractivity contribution in [1.82, 2.24) is 14.6 Å². The van der Waals surface area contributed by atoms with Gasteiger partial charge in [-0.2, -0.15) is 0 Å². The van der Waals surface area contributed by atoms with Crippen molar-refractivity contribution >= 4 is 10.0 Å². The lowest BCUT2D eigenvalue weighted by atomic mass is 9.90. The zero-order valence-electron chi connectivity index (χ0n) is 18.5. The van der Waals surface area contributed by atoms with Crippen LogP contribution in [0.15, 0.2) is 53.7 Å². The van der Waals surface area contributed by atoms with Crippen LogP contribution in [-0.4, -0.2) is 51.1 Å². The second-order valence-corrected chi connectivity index (χ2v) is 9.92. The van der Waals surface area contributed by atoms with Gasteiger partial charge < -0.3 is 9.64 Å². The van der Waals surface area contributed by atoms with Gasteiger partial charge in [0.15, 0.2) is 5.75 Å². The zero-order chi connectivity index (χ0) is 21.9. The molecule has 2 aromatic rings. The number of nitrogens with one attached hydrogen (secondary N) is 1. The average Bonchev–Trinajstić information content (AvgIpc) is 2.79. The highest BCUT2D eigenvalue weighted by atomic mass is 32.2. The quantitative estimate of drug-likeness (QED) is 0.502. The van der Waals surface area contributed by atoms with Crippen LogP contribution in [0.3, 0.4) is 0 Å². The van der Waals surface area contributed by atoms with Crippen molar-refractivity contribution in [3.63, 3.8) is 0 Å². The van der Waals surface area contributed by atoms with E-state index in [9.17, 15) is 8.42 Å². The standard InChI is InChI=1S/C24H35N3O3S/c1-2-3-19-30-23-11-7-14-25-24(23)31(28,29)26-15-8-16-27-17-12-22(13-18-27)20-21-9-5-4-6-10-21/h4-7,9-11,14,22,26H,2-3,8,12-13,15-20H2,1H3. The Balaban J connectivity index is 1.39. The largest absolute Gasteiger partial charge is 0.491 e. The van der Waals surface area contributed by atoms with E-state index in [1.165, 1.54) is 24.6 Å². The minimum atomic E-state index is -3.68. The van der Waals surface area contributed by atoms with Gasteiger partial charge in [0.05, 0.1) is 6.61 Å². The van der Waals surface area contributed by atoms with Crippen LogP contribution in [0, 0.1) is 5.92 Å². The first kappa shape index (κ1) is 23.7. The lowest BCUT2D eigenvalue weighted by molar-refractivity contribution is 0.183. The number of pyridine rings is 1. The number of aromatic nitrogens is 1. The monoisotopic (exact) mass is 445 g/mol. The van der Waals surface area contributed by atoms with Crippen LogP contribution in [0.25, 0.3) is 0 Å². The van der Waals surface area contributed by atoms with Gasteiger partial charge in [-0.3, -0.25) is 0 Å². The number of likely N-dealkylation sites (tertiary alicyclic amines) is 1. The topological polar surface area (TPSA) is 71.5 Å². The van der Waals surface area contributed by atoms with Crippen molar-refractivity contribution in [3.8, 4) is 5.75 Å². The Labute approximate surface area is 187 Å². The summed E-state index contributed by atoms with van der Waals surface area (Å²) in [6, 6.07) is 14.1. The van der Waals surface area contributed by atoms with E-state index in [0.29, 0.717) is 18.9 Å². The van der Waals surface area contributed by atoms with Gasteiger partial charge in [-0.25, -0.2) is 18.1 Å². The number of hydrogen-bond donors (Lipinski definition) is 1. The number of nitrogens with zero attached hydrogens (tertiary/aromatic N) is 2. The van der Waals surface area contributed by atoms with Gasteiger partial charge in [0.25, 0.3) is 10.0 Å². The maximum atomic E-state index is 12.7. The third-order valence-corrected chi connectivity index (χ3v) is 7.16. The van der Waals surface area contributed by atoms with Gasteiger partial charge >= 0.3 is 0 Å². The molecule has 170 valence electrons. The highest BCUT2D eigenvalue weighted by Gasteiger charge is 2.22. The lowest BCUT2D eigenvalue weighted by Crippen LogP contribution is -2.36. The van der Waals surface area contributed by atoms with Crippen LogP contribution in [0.4, 0.5) is 0 Å².